The molecule has 12 nitrogen and oxygen atoms in total. The summed E-state index contributed by atoms with van der Waals surface area (Å²) in [4.78, 5) is 32.6. The fraction of sp³-hybridized carbons (Fsp3) is 0.643. The molecule has 0 aliphatic carbocycles. The van der Waals surface area contributed by atoms with Gasteiger partial charge in [-0.15, -0.1) is 0 Å². The second-order valence-corrected chi connectivity index (χ2v) is 14.7. The second kappa shape index (κ2) is 10.6. The zero-order valence-corrected chi connectivity index (χ0v) is 25.0. The summed E-state index contributed by atoms with van der Waals surface area (Å²) in [6, 6.07) is 2.53. The summed E-state index contributed by atoms with van der Waals surface area (Å²) in [6.07, 6.45) is 3.18. The number of nitrogens with one attached hydrogen (secondary N) is 1. The molecular formula is C28H39N7O5S. The maximum Gasteiger partial charge on any atom is 0.410 e. The molecule has 0 spiro atoms. The highest BCUT2D eigenvalue weighted by molar-refractivity contribution is 7.91. The van der Waals surface area contributed by atoms with Gasteiger partial charge in [0.05, 0.1) is 28.5 Å². The molecule has 0 unspecified atom stereocenters. The van der Waals surface area contributed by atoms with Gasteiger partial charge in [-0.25, -0.2) is 23.2 Å². The van der Waals surface area contributed by atoms with E-state index in [2.05, 4.69) is 26.3 Å². The molecule has 3 fully saturated rings. The van der Waals surface area contributed by atoms with Crippen LogP contribution in [0.4, 0.5) is 22.1 Å². The molecule has 3 saturated heterocycles. The van der Waals surface area contributed by atoms with Crippen molar-refractivity contribution in [3.8, 4) is 5.75 Å². The van der Waals surface area contributed by atoms with Crippen molar-refractivity contribution < 1.29 is 22.7 Å². The molecule has 222 valence electrons. The van der Waals surface area contributed by atoms with Crippen molar-refractivity contribution in [1.82, 2.24) is 24.8 Å². The number of pyridine rings is 1. The quantitative estimate of drug-likeness (QED) is 0.571. The molecule has 2 aromatic heterocycles. The first-order chi connectivity index (χ1) is 19.5. The van der Waals surface area contributed by atoms with Crippen molar-refractivity contribution in [2.45, 2.75) is 64.7 Å². The number of nitrogens with zero attached hydrogens (tertiary/aromatic N) is 6. The molecule has 0 aromatic carbocycles. The highest BCUT2D eigenvalue weighted by Crippen LogP contribution is 2.40. The van der Waals surface area contributed by atoms with Gasteiger partial charge in [0.15, 0.2) is 15.6 Å². The van der Waals surface area contributed by atoms with E-state index < -0.39 is 15.4 Å². The van der Waals surface area contributed by atoms with Crippen LogP contribution in [0.3, 0.4) is 0 Å². The number of fused-ring (bicyclic) bond motifs is 2. The molecule has 1 N–H and O–H groups in total. The molecule has 41 heavy (non-hydrogen) atoms. The summed E-state index contributed by atoms with van der Waals surface area (Å²) < 4.78 is 35.7. The first-order valence-corrected chi connectivity index (χ1v) is 16.2. The van der Waals surface area contributed by atoms with Crippen LogP contribution in [0, 0.1) is 6.92 Å². The zero-order chi connectivity index (χ0) is 28.9. The van der Waals surface area contributed by atoms with Crippen molar-refractivity contribution in [3.05, 3.63) is 29.3 Å². The number of likely N-dealkylation sites (tertiary alicyclic amines) is 2. The Kier molecular flexibility index (Phi) is 7.21. The van der Waals surface area contributed by atoms with Gasteiger partial charge < -0.3 is 24.6 Å². The molecule has 0 saturated carbocycles. The van der Waals surface area contributed by atoms with E-state index in [1.54, 1.807) is 0 Å². The van der Waals surface area contributed by atoms with Gasteiger partial charge >= 0.3 is 6.09 Å². The van der Waals surface area contributed by atoms with Crippen LogP contribution in [-0.4, -0.2) is 102 Å². The third kappa shape index (κ3) is 5.92. The van der Waals surface area contributed by atoms with Crippen LogP contribution in [-0.2, 0) is 21.2 Å². The second-order valence-electron chi connectivity index (χ2n) is 12.4. The Morgan fingerprint density at radius 3 is 2.49 bits per heavy atom. The fourth-order valence-corrected chi connectivity index (χ4v) is 7.22. The maximum atomic E-state index is 12.4. The number of carbonyl (C=O) groups is 1. The predicted octanol–water partition coefficient (Wildman–Crippen LogP) is 2.85. The third-order valence-corrected chi connectivity index (χ3v) is 9.91. The highest BCUT2D eigenvalue weighted by Gasteiger charge is 2.38. The lowest BCUT2D eigenvalue weighted by Gasteiger charge is -2.47. The Bertz CT molecular complexity index is 1420. The van der Waals surface area contributed by atoms with Crippen molar-refractivity contribution in [1.29, 1.82) is 0 Å². The van der Waals surface area contributed by atoms with E-state index in [1.165, 1.54) is 6.33 Å². The number of hydrogen-bond donors (Lipinski definition) is 1. The molecule has 6 heterocycles. The Balaban J connectivity index is 1.10. The fourth-order valence-electron chi connectivity index (χ4n) is 6.02. The van der Waals surface area contributed by atoms with E-state index in [4.69, 9.17) is 14.5 Å². The molecule has 4 aliphatic heterocycles. The highest BCUT2D eigenvalue weighted by atomic mass is 32.2. The van der Waals surface area contributed by atoms with E-state index in [9.17, 15) is 13.2 Å². The lowest BCUT2D eigenvalue weighted by molar-refractivity contribution is 0.00566. The molecule has 13 heteroatoms. The van der Waals surface area contributed by atoms with Gasteiger partial charge in [0.1, 0.15) is 30.2 Å². The Labute approximate surface area is 241 Å². The molecule has 0 atom stereocenters. The van der Waals surface area contributed by atoms with Crippen LogP contribution in [0.15, 0.2) is 12.4 Å². The van der Waals surface area contributed by atoms with Crippen LogP contribution in [0.5, 0.6) is 5.75 Å². The van der Waals surface area contributed by atoms with Gasteiger partial charge in [-0.2, -0.15) is 0 Å². The van der Waals surface area contributed by atoms with E-state index in [0.717, 1.165) is 48.6 Å². The van der Waals surface area contributed by atoms with Crippen molar-refractivity contribution in [2.75, 3.05) is 61.0 Å². The Morgan fingerprint density at radius 2 is 1.80 bits per heavy atom. The van der Waals surface area contributed by atoms with E-state index in [1.807, 2.05) is 37.5 Å². The number of aryl methyl sites for hydroxylation is 1. The van der Waals surface area contributed by atoms with Crippen LogP contribution in [0.25, 0.3) is 0 Å². The number of rotatable bonds is 3. The van der Waals surface area contributed by atoms with Crippen molar-refractivity contribution in [3.63, 3.8) is 0 Å². The van der Waals surface area contributed by atoms with Gasteiger partial charge in [0, 0.05) is 56.9 Å². The van der Waals surface area contributed by atoms with E-state index in [-0.39, 0.29) is 24.2 Å². The summed E-state index contributed by atoms with van der Waals surface area (Å²) >= 11 is 0. The number of sulfone groups is 1. The lowest BCUT2D eigenvalue weighted by Crippen LogP contribution is -2.55. The largest absolute Gasteiger partial charge is 0.485 e. The molecule has 1 amide bonds. The van der Waals surface area contributed by atoms with Crippen LogP contribution < -0.4 is 15.0 Å². The number of aromatic nitrogens is 3. The molecule has 6 rings (SSSR count). The van der Waals surface area contributed by atoms with Gasteiger partial charge in [-0.3, -0.25) is 9.88 Å². The SMILES string of the molecule is Cc1nc(C2CN(C3CCN(C(=O)OC(C)(C)C)CC3)C2)cc2c1OCc1c(ncnc1N1CCS(=O)(=O)CC1)N2. The first-order valence-electron chi connectivity index (χ1n) is 14.4. The number of ether oxygens (including phenoxy) is 2. The number of amides is 1. The monoisotopic (exact) mass is 585 g/mol. The average molecular weight is 586 g/mol. The minimum atomic E-state index is -3.00. The van der Waals surface area contributed by atoms with Gasteiger partial charge in [0.2, 0.25) is 0 Å². The van der Waals surface area contributed by atoms with E-state index >= 15 is 0 Å². The molecule has 0 bridgehead atoms. The maximum absolute atomic E-state index is 12.4. The normalized spacial score (nSPS) is 21.6. The summed E-state index contributed by atoms with van der Waals surface area (Å²) in [5, 5.41) is 3.47. The van der Waals surface area contributed by atoms with E-state index in [0.29, 0.717) is 55.5 Å². The third-order valence-electron chi connectivity index (χ3n) is 8.30. The first kappa shape index (κ1) is 28.0. The van der Waals surface area contributed by atoms with Crippen LogP contribution >= 0.6 is 0 Å². The minimum absolute atomic E-state index is 0.119. The van der Waals surface area contributed by atoms with Crippen molar-refractivity contribution in [2.24, 2.45) is 0 Å². The summed E-state index contributed by atoms with van der Waals surface area (Å²) in [6.45, 7) is 12.0. The molecule has 4 aliphatic rings. The number of carbonyl (C=O) groups excluding carboxylic acids is 1. The number of anilines is 3. The zero-order valence-electron chi connectivity index (χ0n) is 24.2. The van der Waals surface area contributed by atoms with Crippen LogP contribution in [0.1, 0.15) is 56.5 Å². The lowest BCUT2D eigenvalue weighted by atomic mass is 9.90. The summed E-state index contributed by atoms with van der Waals surface area (Å²) in [7, 11) is -3.00. The molecule has 0 radical (unpaired) electrons. The average Bonchev–Trinajstić information content (AvgIpc) is 3.07. The molecular weight excluding hydrogens is 546 g/mol. The number of piperidine rings is 1. The summed E-state index contributed by atoms with van der Waals surface area (Å²) in [5.41, 5.74) is 3.02. The Hall–Kier alpha value is -3.19. The van der Waals surface area contributed by atoms with Gasteiger partial charge in [0.25, 0.3) is 0 Å². The summed E-state index contributed by atoms with van der Waals surface area (Å²) in [5.74, 6) is 2.64. The van der Waals surface area contributed by atoms with Crippen molar-refractivity contribution >= 4 is 33.3 Å². The van der Waals surface area contributed by atoms with Gasteiger partial charge in [-0.1, -0.05) is 0 Å². The predicted molar refractivity (Wildman–Crippen MR) is 155 cm³/mol. The van der Waals surface area contributed by atoms with Crippen LogP contribution in [0.2, 0.25) is 0 Å². The standard InChI is InChI=1S/C28H39N7O5S/c1-18-24-23(32-25-21(16-39-24)26(30-17-29-25)33-9-11-41(37,38)12-10-33)13-22(31-18)19-14-35(15-19)20-5-7-34(8-6-20)27(36)40-28(2,3)4/h13,17,19-20H,5-12,14-16H2,1-4H3,(H,29,30,32). The number of hydrogen-bond acceptors (Lipinski definition) is 11. The minimum Gasteiger partial charge on any atom is -0.485 e. The topological polar surface area (TPSA) is 130 Å². The Morgan fingerprint density at radius 1 is 1.10 bits per heavy atom. The smallest absolute Gasteiger partial charge is 0.410 e. The molecule has 2 aromatic rings. The van der Waals surface area contributed by atoms with Gasteiger partial charge in [-0.05, 0) is 46.6 Å².